The third kappa shape index (κ3) is 3.41. The number of thiophene rings is 1. The van der Waals surface area contributed by atoms with E-state index in [0.717, 1.165) is 26.4 Å². The van der Waals surface area contributed by atoms with Gasteiger partial charge in [0.25, 0.3) is 5.91 Å². The van der Waals surface area contributed by atoms with Crippen LogP contribution >= 0.6 is 34.5 Å². The minimum Gasteiger partial charge on any atom is -0.339 e. The average molecular weight is 396 g/mol. The van der Waals surface area contributed by atoms with Gasteiger partial charge in [-0.25, -0.2) is 4.68 Å². The Kier molecular flexibility index (Phi) is 5.37. The fraction of sp³-hybridized carbons (Fsp3) is 0.333. The third-order valence-electron chi connectivity index (χ3n) is 4.24. The Hall–Kier alpha value is -1.56. The van der Waals surface area contributed by atoms with Crippen molar-refractivity contribution in [2.45, 2.75) is 27.3 Å². The second kappa shape index (κ2) is 7.36. The van der Waals surface area contributed by atoms with Crippen LogP contribution in [-0.2, 0) is 6.54 Å². The third-order valence-corrected chi connectivity index (χ3v) is 6.08. The maximum Gasteiger partial charge on any atom is 0.264 e. The summed E-state index contributed by atoms with van der Waals surface area (Å²) in [6.07, 6.45) is 0. The molecule has 3 aromatic rings. The maximum absolute atomic E-state index is 12.6. The standard InChI is InChI=1S/C18H19Cl2N3OS/c1-4-22(5-2)17(24)16-9-12-11(3)21-23(18(12)25-16)10-13-14(19)7-6-8-15(13)20/h6-9H,4-5,10H2,1-3H3. The van der Waals surface area contributed by atoms with Crippen LogP contribution in [0.15, 0.2) is 24.3 Å². The summed E-state index contributed by atoms with van der Waals surface area (Å²) in [5.41, 5.74) is 1.73. The van der Waals surface area contributed by atoms with E-state index in [1.807, 2.05) is 54.6 Å². The number of aryl methyl sites for hydroxylation is 1. The molecule has 132 valence electrons. The van der Waals surface area contributed by atoms with Crippen molar-refractivity contribution in [1.82, 2.24) is 14.7 Å². The van der Waals surface area contributed by atoms with Crippen LogP contribution in [0.25, 0.3) is 10.2 Å². The van der Waals surface area contributed by atoms with Gasteiger partial charge >= 0.3 is 0 Å². The average Bonchev–Trinajstić information content (AvgIpc) is 3.14. The first-order chi connectivity index (χ1) is 12.0. The van der Waals surface area contributed by atoms with E-state index in [2.05, 4.69) is 5.10 Å². The summed E-state index contributed by atoms with van der Waals surface area (Å²) < 4.78 is 1.88. The predicted molar refractivity (Wildman–Crippen MR) is 105 cm³/mol. The van der Waals surface area contributed by atoms with Gasteiger partial charge in [-0.1, -0.05) is 29.3 Å². The molecule has 1 aromatic carbocycles. The van der Waals surface area contributed by atoms with E-state index in [1.54, 1.807) is 0 Å². The molecule has 0 saturated carbocycles. The molecule has 3 rings (SSSR count). The van der Waals surface area contributed by atoms with E-state index in [-0.39, 0.29) is 5.91 Å². The summed E-state index contributed by atoms with van der Waals surface area (Å²) in [4.78, 5) is 16.1. The van der Waals surface area contributed by atoms with E-state index in [1.165, 1.54) is 11.3 Å². The number of carbonyl (C=O) groups is 1. The number of carbonyl (C=O) groups excluding carboxylic acids is 1. The Labute approximate surface area is 161 Å². The lowest BCUT2D eigenvalue weighted by molar-refractivity contribution is 0.0778. The molecule has 25 heavy (non-hydrogen) atoms. The Morgan fingerprint density at radius 1 is 1.24 bits per heavy atom. The normalized spacial score (nSPS) is 11.2. The molecule has 4 nitrogen and oxygen atoms in total. The number of benzene rings is 1. The van der Waals surface area contributed by atoms with E-state index >= 15 is 0 Å². The molecule has 1 amide bonds. The second-order valence-corrected chi connectivity index (χ2v) is 7.60. The Morgan fingerprint density at radius 2 is 1.88 bits per heavy atom. The predicted octanol–water partition coefficient (Wildman–Crippen LogP) is 5.24. The van der Waals surface area contributed by atoms with Gasteiger partial charge in [0.05, 0.1) is 17.1 Å². The maximum atomic E-state index is 12.6. The summed E-state index contributed by atoms with van der Waals surface area (Å²) >= 11 is 14.0. The van der Waals surface area contributed by atoms with E-state index in [4.69, 9.17) is 23.2 Å². The molecule has 7 heteroatoms. The molecule has 0 aliphatic heterocycles. The van der Waals surface area contributed by atoms with Gasteiger partial charge in [-0.3, -0.25) is 4.79 Å². The summed E-state index contributed by atoms with van der Waals surface area (Å²) in [6.45, 7) is 7.80. The van der Waals surface area contributed by atoms with Gasteiger partial charge < -0.3 is 4.90 Å². The minimum absolute atomic E-state index is 0.0629. The van der Waals surface area contributed by atoms with Gasteiger partial charge in [-0.15, -0.1) is 11.3 Å². The molecular formula is C18H19Cl2N3OS. The number of amides is 1. The number of aromatic nitrogens is 2. The zero-order valence-electron chi connectivity index (χ0n) is 14.3. The zero-order chi connectivity index (χ0) is 18.1. The van der Waals surface area contributed by atoms with Crippen molar-refractivity contribution in [2.75, 3.05) is 13.1 Å². The Balaban J connectivity index is 2.02. The topological polar surface area (TPSA) is 38.1 Å². The van der Waals surface area contributed by atoms with Gasteiger partial charge in [0.2, 0.25) is 0 Å². The zero-order valence-corrected chi connectivity index (χ0v) is 16.7. The fourth-order valence-corrected chi connectivity index (χ4v) is 4.47. The molecule has 2 aromatic heterocycles. The smallest absolute Gasteiger partial charge is 0.264 e. The van der Waals surface area contributed by atoms with Crippen LogP contribution in [-0.4, -0.2) is 33.7 Å². The molecule has 0 N–H and O–H groups in total. The minimum atomic E-state index is 0.0629. The highest BCUT2D eigenvalue weighted by atomic mass is 35.5. The molecule has 0 atom stereocenters. The molecule has 0 unspecified atom stereocenters. The van der Waals surface area contributed by atoms with Crippen molar-refractivity contribution in [3.63, 3.8) is 0 Å². The molecular weight excluding hydrogens is 377 g/mol. The lowest BCUT2D eigenvalue weighted by Crippen LogP contribution is -2.29. The second-order valence-electron chi connectivity index (χ2n) is 5.75. The van der Waals surface area contributed by atoms with Crippen molar-refractivity contribution in [3.05, 3.63) is 50.4 Å². The van der Waals surface area contributed by atoms with Gasteiger partial charge in [0.15, 0.2) is 0 Å². The lowest BCUT2D eigenvalue weighted by atomic mass is 10.2. The molecule has 0 aliphatic carbocycles. The first kappa shape index (κ1) is 18.2. The highest BCUT2D eigenvalue weighted by molar-refractivity contribution is 7.20. The van der Waals surface area contributed by atoms with Crippen molar-refractivity contribution in [1.29, 1.82) is 0 Å². The highest BCUT2D eigenvalue weighted by Crippen LogP contribution is 2.32. The Morgan fingerprint density at radius 3 is 2.48 bits per heavy atom. The Bertz CT molecular complexity index is 908. The molecule has 0 radical (unpaired) electrons. The highest BCUT2D eigenvalue weighted by Gasteiger charge is 2.20. The van der Waals surface area contributed by atoms with Crippen LogP contribution in [0.4, 0.5) is 0 Å². The van der Waals surface area contributed by atoms with Crippen molar-refractivity contribution >= 4 is 50.7 Å². The fourth-order valence-electron chi connectivity index (χ4n) is 2.83. The van der Waals surface area contributed by atoms with E-state index in [0.29, 0.717) is 29.7 Å². The summed E-state index contributed by atoms with van der Waals surface area (Å²) in [7, 11) is 0. The van der Waals surface area contributed by atoms with Crippen LogP contribution < -0.4 is 0 Å². The first-order valence-electron chi connectivity index (χ1n) is 8.15. The van der Waals surface area contributed by atoms with Crippen LogP contribution in [0.5, 0.6) is 0 Å². The molecule has 0 aliphatic rings. The van der Waals surface area contributed by atoms with E-state index < -0.39 is 0 Å². The SMILES string of the molecule is CCN(CC)C(=O)c1cc2c(C)nn(Cc3c(Cl)cccc3Cl)c2s1. The number of hydrogen-bond donors (Lipinski definition) is 0. The van der Waals surface area contributed by atoms with Crippen LogP contribution in [0.1, 0.15) is 34.8 Å². The summed E-state index contributed by atoms with van der Waals surface area (Å²) in [5, 5.41) is 6.83. The number of halogens is 2. The number of rotatable bonds is 5. The van der Waals surface area contributed by atoms with Crippen LogP contribution in [0, 0.1) is 6.92 Å². The largest absolute Gasteiger partial charge is 0.339 e. The molecule has 2 heterocycles. The van der Waals surface area contributed by atoms with Gasteiger partial charge in [0.1, 0.15) is 4.83 Å². The number of hydrogen-bond acceptors (Lipinski definition) is 3. The number of nitrogens with zero attached hydrogens (tertiary/aromatic N) is 3. The molecule has 0 spiro atoms. The van der Waals surface area contributed by atoms with Gasteiger partial charge in [-0.05, 0) is 39.0 Å². The lowest BCUT2D eigenvalue weighted by Gasteiger charge is -2.17. The quantitative estimate of drug-likeness (QED) is 0.591. The van der Waals surface area contributed by atoms with Crippen molar-refractivity contribution < 1.29 is 4.79 Å². The summed E-state index contributed by atoms with van der Waals surface area (Å²) in [6, 6.07) is 7.40. The van der Waals surface area contributed by atoms with Crippen LogP contribution in [0.3, 0.4) is 0 Å². The van der Waals surface area contributed by atoms with Gasteiger partial charge in [-0.2, -0.15) is 5.10 Å². The first-order valence-corrected chi connectivity index (χ1v) is 9.72. The monoisotopic (exact) mass is 395 g/mol. The molecule has 0 fully saturated rings. The van der Waals surface area contributed by atoms with Gasteiger partial charge in [0, 0.05) is 34.1 Å². The van der Waals surface area contributed by atoms with Crippen molar-refractivity contribution in [2.24, 2.45) is 0 Å². The number of fused-ring (bicyclic) bond motifs is 1. The molecule has 0 saturated heterocycles. The summed E-state index contributed by atoms with van der Waals surface area (Å²) in [5.74, 6) is 0.0629. The molecule has 0 bridgehead atoms. The van der Waals surface area contributed by atoms with E-state index in [9.17, 15) is 4.79 Å². The van der Waals surface area contributed by atoms with Crippen LogP contribution in [0.2, 0.25) is 10.0 Å². The van der Waals surface area contributed by atoms with Crippen molar-refractivity contribution in [3.8, 4) is 0 Å².